The first-order valence-electron chi connectivity index (χ1n) is 18.6. The number of ether oxygens (including phenoxy) is 2. The van der Waals surface area contributed by atoms with E-state index in [1.165, 1.54) is 18.4 Å². The van der Waals surface area contributed by atoms with Crippen molar-refractivity contribution in [2.45, 2.75) is 13.3 Å². The minimum Gasteiger partial charge on any atom is -0.494 e. The first-order chi connectivity index (χ1) is 28.5. The number of fused-ring (bicyclic) bond motifs is 21. The molecule has 14 heteroatoms. The van der Waals surface area contributed by atoms with Gasteiger partial charge < -0.3 is 19.4 Å². The predicted molar refractivity (Wildman–Crippen MR) is 227 cm³/mol. The van der Waals surface area contributed by atoms with Gasteiger partial charge in [0.25, 0.3) is 0 Å². The van der Waals surface area contributed by atoms with E-state index in [-0.39, 0.29) is 0 Å². The Morgan fingerprint density at radius 3 is 1.43 bits per heavy atom. The van der Waals surface area contributed by atoms with Gasteiger partial charge in [0.1, 0.15) is 28.3 Å². The van der Waals surface area contributed by atoms with Gasteiger partial charge in [0.05, 0.1) is 23.9 Å². The van der Waals surface area contributed by atoms with Crippen LogP contribution in [-0.2, 0) is 4.74 Å². The van der Waals surface area contributed by atoms with Gasteiger partial charge in [-0.3, -0.25) is 5.32 Å². The number of thiazole rings is 1. The lowest BCUT2D eigenvalue weighted by Crippen LogP contribution is -2.10. The molecule has 11 rings (SSSR count). The van der Waals surface area contributed by atoms with Crippen molar-refractivity contribution < 1.29 is 14.3 Å². The average Bonchev–Trinajstić information content (AvgIpc) is 4.07. The van der Waals surface area contributed by atoms with E-state index in [4.69, 9.17) is 34.6 Å². The Hall–Kier alpha value is -7.58. The van der Waals surface area contributed by atoms with Gasteiger partial charge in [-0.15, -0.1) is 0 Å². The average molecular weight is 781 g/mol. The van der Waals surface area contributed by atoms with Gasteiger partial charge in [0, 0.05) is 43.8 Å². The summed E-state index contributed by atoms with van der Waals surface area (Å²) in [4.78, 5) is 52.1. The van der Waals surface area contributed by atoms with Crippen LogP contribution < -0.4 is 10.1 Å². The summed E-state index contributed by atoms with van der Waals surface area (Å²) in [5.74, 6) is 3.21. The van der Waals surface area contributed by atoms with Crippen LogP contribution in [0.4, 0.5) is 9.93 Å². The number of hydrogen-bond donors (Lipinski definition) is 3. The lowest BCUT2D eigenvalue weighted by atomic mass is 10.1. The summed E-state index contributed by atoms with van der Waals surface area (Å²) >= 11 is 1.39. The second kappa shape index (κ2) is 14.5. The Kier molecular flexibility index (Phi) is 8.71. The largest absolute Gasteiger partial charge is 0.494 e. The number of nitrogens with zero attached hydrogens (tertiary/aromatic N) is 7. The Morgan fingerprint density at radius 2 is 1.02 bits per heavy atom. The number of aromatic amines is 2. The molecule has 9 aromatic rings. The van der Waals surface area contributed by atoms with E-state index < -0.39 is 6.09 Å². The lowest BCUT2D eigenvalue weighted by Gasteiger charge is -2.02. The number of carbonyl (C=O) groups excluding carboxylic acids is 1. The van der Waals surface area contributed by atoms with Crippen molar-refractivity contribution in [2.75, 3.05) is 19.0 Å². The number of hydrogen-bond acceptors (Lipinski definition) is 11. The summed E-state index contributed by atoms with van der Waals surface area (Å²) in [7, 11) is 1.32. The molecule has 282 valence electrons. The summed E-state index contributed by atoms with van der Waals surface area (Å²) in [6, 6.07) is 37.9. The lowest BCUT2D eigenvalue weighted by molar-refractivity contribution is 0.187. The molecule has 0 atom stereocenters. The smallest absolute Gasteiger partial charge is 0.413 e. The Labute approximate surface area is 333 Å². The van der Waals surface area contributed by atoms with Gasteiger partial charge in [-0.25, -0.2) is 39.7 Å². The highest BCUT2D eigenvalue weighted by atomic mass is 32.1. The standard InChI is InChI=1S/C32H18N8.C12H14N2O3S/c1-2-10-18-17(9-1)25-33-26(18)38-28-21-13-5-6-14-22(21)30(35-28)40-32-24-16-8-7-15-23(24)31(36-32)39-29-20-12-4-3-11-19(20)27(34-29)37-25;1-3-6-17-8-4-5-9-10(7-8)18-11(13-9)14-12(15)16-2/h1-16H,(H2,33,34,35,36,37,38,39,40);4-5,7H,3,6H2,1-2H3,(H,13,14,15). The van der Waals surface area contributed by atoms with Gasteiger partial charge in [-0.05, 0) is 24.6 Å². The van der Waals surface area contributed by atoms with Gasteiger partial charge in [-0.2, -0.15) is 0 Å². The fourth-order valence-electron chi connectivity index (χ4n) is 7.00. The van der Waals surface area contributed by atoms with Crippen LogP contribution in [0.3, 0.4) is 0 Å². The highest BCUT2D eigenvalue weighted by Gasteiger charge is 2.21. The molecule has 2 aliphatic rings. The molecule has 0 unspecified atom stereocenters. The minimum absolute atomic E-state index is 0.517. The number of anilines is 1. The van der Waals surface area contributed by atoms with Crippen molar-refractivity contribution >= 4 is 76.9 Å². The molecule has 5 aromatic carbocycles. The highest BCUT2D eigenvalue weighted by Crippen LogP contribution is 2.37. The van der Waals surface area contributed by atoms with Gasteiger partial charge in [-0.1, -0.05) is 115 Å². The third-order valence-corrected chi connectivity index (χ3v) is 10.6. The van der Waals surface area contributed by atoms with E-state index in [9.17, 15) is 4.79 Å². The van der Waals surface area contributed by atoms with Crippen LogP contribution >= 0.6 is 11.3 Å². The quantitative estimate of drug-likeness (QED) is 0.156. The normalized spacial score (nSPS) is 11.5. The van der Waals surface area contributed by atoms with Gasteiger partial charge in [0.15, 0.2) is 28.4 Å². The summed E-state index contributed by atoms with van der Waals surface area (Å²) in [6.45, 7) is 2.75. The highest BCUT2D eigenvalue weighted by molar-refractivity contribution is 7.22. The number of nitrogens with one attached hydrogen (secondary N) is 3. The van der Waals surface area contributed by atoms with Crippen LogP contribution in [0.2, 0.25) is 0 Å². The van der Waals surface area contributed by atoms with E-state index in [2.05, 4.69) is 31.9 Å². The van der Waals surface area contributed by atoms with Crippen molar-refractivity contribution in [3.8, 4) is 51.3 Å². The number of methoxy groups -OCH3 is 1. The van der Waals surface area contributed by atoms with Gasteiger partial charge in [0.2, 0.25) is 0 Å². The van der Waals surface area contributed by atoms with E-state index in [0.717, 1.165) is 66.2 Å². The SMILES string of the molecule is CCCOc1ccc2nc(NC(=O)OC)sc2c1.c1ccc2c(c1)-c1nc-2nc2[nH]c(nc3nc(nc4[nH]c(n1)c1ccccc41)-c1ccccc1-3)c1ccccc21. The zero-order valence-electron chi connectivity index (χ0n) is 31.1. The van der Waals surface area contributed by atoms with E-state index in [1.807, 2.05) is 115 Å². The van der Waals surface area contributed by atoms with Crippen LogP contribution in [0.25, 0.3) is 99.9 Å². The molecular formula is C44H32N10O3S. The maximum absolute atomic E-state index is 11.1. The maximum atomic E-state index is 11.1. The number of rotatable bonds is 4. The van der Waals surface area contributed by atoms with Gasteiger partial charge >= 0.3 is 6.09 Å². The van der Waals surface area contributed by atoms with Crippen molar-refractivity contribution in [3.63, 3.8) is 0 Å². The van der Waals surface area contributed by atoms with Crippen molar-refractivity contribution in [3.05, 3.63) is 115 Å². The Balaban J connectivity index is 0.000000191. The number of carbonyl (C=O) groups is 1. The van der Waals surface area contributed by atoms with Crippen LogP contribution in [0.1, 0.15) is 13.3 Å². The molecule has 0 saturated carbocycles. The second-order valence-corrected chi connectivity index (χ2v) is 14.4. The second-order valence-electron chi connectivity index (χ2n) is 13.4. The van der Waals surface area contributed by atoms with E-state index >= 15 is 0 Å². The van der Waals surface area contributed by atoms with Crippen LogP contribution in [0.5, 0.6) is 5.75 Å². The molecule has 13 nitrogen and oxygen atoms in total. The molecule has 0 radical (unpaired) electrons. The van der Waals surface area contributed by atoms with E-state index in [1.54, 1.807) is 0 Å². The molecule has 4 aromatic heterocycles. The molecule has 6 heterocycles. The van der Waals surface area contributed by atoms with Crippen molar-refractivity contribution in [2.24, 2.45) is 0 Å². The molecule has 0 spiro atoms. The zero-order chi connectivity index (χ0) is 39.2. The molecular weight excluding hydrogens is 749 g/mol. The van der Waals surface area contributed by atoms with Crippen molar-refractivity contribution in [1.82, 2.24) is 44.9 Å². The summed E-state index contributed by atoms with van der Waals surface area (Å²) < 4.78 is 11.0. The van der Waals surface area contributed by atoms with Crippen LogP contribution in [0, 0.1) is 0 Å². The molecule has 0 fully saturated rings. The summed E-state index contributed by atoms with van der Waals surface area (Å²) in [5.41, 5.74) is 7.28. The summed E-state index contributed by atoms with van der Waals surface area (Å²) in [5, 5.41) is 6.89. The molecule has 0 saturated heterocycles. The molecule has 58 heavy (non-hydrogen) atoms. The number of amides is 1. The predicted octanol–water partition coefficient (Wildman–Crippen LogP) is 10.1. The molecule has 1 amide bonds. The Morgan fingerprint density at radius 1 is 0.586 bits per heavy atom. The van der Waals surface area contributed by atoms with Crippen LogP contribution in [0.15, 0.2) is 115 Å². The first kappa shape index (κ1) is 34.9. The maximum Gasteiger partial charge on any atom is 0.413 e. The number of aromatic nitrogens is 9. The fourth-order valence-corrected chi connectivity index (χ4v) is 7.88. The summed E-state index contributed by atoms with van der Waals surface area (Å²) in [6.07, 6.45) is 0.451. The monoisotopic (exact) mass is 780 g/mol. The molecule has 8 bridgehead atoms. The number of H-pyrrole nitrogens is 2. The Bertz CT molecular complexity index is 2930. The third kappa shape index (κ3) is 6.30. The van der Waals surface area contributed by atoms with Crippen molar-refractivity contribution in [1.29, 1.82) is 0 Å². The van der Waals surface area contributed by atoms with Crippen LogP contribution in [-0.4, -0.2) is 64.7 Å². The number of benzene rings is 5. The third-order valence-electron chi connectivity index (χ3n) is 9.69. The molecule has 2 aliphatic heterocycles. The molecule has 0 aliphatic carbocycles. The zero-order valence-corrected chi connectivity index (χ0v) is 32.0. The molecule has 3 N–H and O–H groups in total. The topological polar surface area (TPSA) is 169 Å². The van der Waals surface area contributed by atoms with E-state index in [0.29, 0.717) is 57.6 Å². The fraction of sp³-hybridized carbons (Fsp3) is 0.0909. The first-order valence-corrected chi connectivity index (χ1v) is 19.4. The minimum atomic E-state index is -0.517.